The van der Waals surface area contributed by atoms with Crippen LogP contribution in [-0.2, 0) is 0 Å². The van der Waals surface area contributed by atoms with Crippen LogP contribution in [0.15, 0.2) is 30.3 Å². The Hall–Kier alpha value is -1.08. The quantitative estimate of drug-likeness (QED) is 0.698. The Balaban J connectivity index is 2.02. The Bertz CT molecular complexity index is 413. The molecule has 1 aromatic carbocycles. The van der Waals surface area contributed by atoms with E-state index < -0.39 is 0 Å². The molecule has 1 saturated carbocycles. The van der Waals surface area contributed by atoms with E-state index in [1.54, 1.807) is 0 Å². The molecule has 0 bridgehead atoms. The van der Waals surface area contributed by atoms with Crippen LogP contribution >= 0.6 is 0 Å². The first-order valence-electron chi connectivity index (χ1n) is 6.28. The number of rotatable bonds is 0. The van der Waals surface area contributed by atoms with Crippen LogP contribution in [0, 0.1) is 5.41 Å². The monoisotopic (exact) mass is 214 g/mol. The molecule has 1 atom stereocenters. The third-order valence-corrected chi connectivity index (χ3v) is 4.21. The summed E-state index contributed by atoms with van der Waals surface area (Å²) in [5, 5.41) is 10.6. The summed E-state index contributed by atoms with van der Waals surface area (Å²) in [7, 11) is 0. The lowest BCUT2D eigenvalue weighted by atomic mass is 9.65. The largest absolute Gasteiger partial charge is 0.387 e. The molecule has 2 aliphatic rings. The highest BCUT2D eigenvalue weighted by atomic mass is 16.3. The molecule has 0 saturated heterocycles. The van der Waals surface area contributed by atoms with Crippen LogP contribution in [0.4, 0.5) is 0 Å². The Morgan fingerprint density at radius 3 is 2.62 bits per heavy atom. The molecule has 2 aliphatic carbocycles. The summed E-state index contributed by atoms with van der Waals surface area (Å²) in [5.41, 5.74) is 2.34. The third kappa shape index (κ3) is 1.42. The number of benzene rings is 1. The van der Waals surface area contributed by atoms with Gasteiger partial charge < -0.3 is 5.11 Å². The zero-order chi connectivity index (χ0) is 11.0. The van der Waals surface area contributed by atoms with Gasteiger partial charge in [0.25, 0.3) is 0 Å². The maximum absolute atomic E-state index is 10.6. The number of aliphatic hydroxyl groups excluding tert-OH is 1. The summed E-state index contributed by atoms with van der Waals surface area (Å²) in [6, 6.07) is 8.22. The van der Waals surface area contributed by atoms with Crippen molar-refractivity contribution in [1.82, 2.24) is 0 Å². The van der Waals surface area contributed by atoms with Crippen molar-refractivity contribution >= 4 is 6.08 Å². The van der Waals surface area contributed by atoms with Gasteiger partial charge in [-0.3, -0.25) is 0 Å². The number of fused-ring (bicyclic) bond motifs is 1. The van der Waals surface area contributed by atoms with Gasteiger partial charge in [-0.25, -0.2) is 0 Å². The molecule has 0 aromatic heterocycles. The van der Waals surface area contributed by atoms with Crippen LogP contribution in [0.2, 0.25) is 0 Å². The van der Waals surface area contributed by atoms with Gasteiger partial charge in [-0.05, 0) is 24.0 Å². The van der Waals surface area contributed by atoms with Crippen molar-refractivity contribution in [2.45, 2.75) is 38.2 Å². The van der Waals surface area contributed by atoms with Crippen LogP contribution in [0.25, 0.3) is 6.08 Å². The van der Waals surface area contributed by atoms with Crippen molar-refractivity contribution < 1.29 is 5.11 Å². The van der Waals surface area contributed by atoms with Crippen LogP contribution in [-0.4, -0.2) is 5.11 Å². The lowest BCUT2D eigenvalue weighted by Gasteiger charge is -2.41. The average molecular weight is 214 g/mol. The van der Waals surface area contributed by atoms with E-state index in [-0.39, 0.29) is 11.5 Å². The molecule has 1 nitrogen and oxygen atoms in total. The van der Waals surface area contributed by atoms with Crippen molar-refractivity contribution in [3.05, 3.63) is 41.5 Å². The van der Waals surface area contributed by atoms with Crippen molar-refractivity contribution in [3.63, 3.8) is 0 Å². The number of hydrogen-bond acceptors (Lipinski definition) is 1. The van der Waals surface area contributed by atoms with Gasteiger partial charge in [-0.1, -0.05) is 55.7 Å². The van der Waals surface area contributed by atoms with Crippen LogP contribution in [0.1, 0.15) is 49.3 Å². The highest BCUT2D eigenvalue weighted by Crippen LogP contribution is 2.50. The van der Waals surface area contributed by atoms with Gasteiger partial charge in [-0.2, -0.15) is 0 Å². The Labute approximate surface area is 96.8 Å². The second-order valence-electron chi connectivity index (χ2n) is 5.16. The normalized spacial score (nSPS) is 26.7. The minimum Gasteiger partial charge on any atom is -0.387 e. The van der Waals surface area contributed by atoms with Crippen LogP contribution < -0.4 is 0 Å². The second kappa shape index (κ2) is 3.74. The molecule has 84 valence electrons. The van der Waals surface area contributed by atoms with E-state index in [9.17, 15) is 5.11 Å². The van der Waals surface area contributed by atoms with E-state index in [1.807, 2.05) is 12.1 Å². The molecule has 1 spiro atoms. The van der Waals surface area contributed by atoms with E-state index in [0.29, 0.717) is 0 Å². The summed E-state index contributed by atoms with van der Waals surface area (Å²) in [4.78, 5) is 0. The maximum atomic E-state index is 10.6. The van der Waals surface area contributed by atoms with Crippen molar-refractivity contribution in [1.29, 1.82) is 0 Å². The summed E-state index contributed by atoms with van der Waals surface area (Å²) >= 11 is 0. The molecule has 1 N–H and O–H groups in total. The molecule has 0 amide bonds. The lowest BCUT2D eigenvalue weighted by Crippen LogP contribution is -2.31. The summed E-state index contributed by atoms with van der Waals surface area (Å²) in [5.74, 6) is 0. The fourth-order valence-electron chi connectivity index (χ4n) is 3.22. The van der Waals surface area contributed by atoms with E-state index in [0.717, 1.165) is 18.4 Å². The lowest BCUT2D eigenvalue weighted by molar-refractivity contribution is 0.0289. The molecule has 3 rings (SSSR count). The fourth-order valence-corrected chi connectivity index (χ4v) is 3.22. The van der Waals surface area contributed by atoms with E-state index in [2.05, 4.69) is 24.3 Å². The molecule has 1 unspecified atom stereocenters. The molecule has 0 radical (unpaired) electrons. The fraction of sp³-hybridized carbons (Fsp3) is 0.467. The Kier molecular flexibility index (Phi) is 2.36. The SMILES string of the molecule is OC1c2ccccc2C=CC12CCCCC2. The molecule has 0 heterocycles. The number of aliphatic hydroxyl groups is 1. The smallest absolute Gasteiger partial charge is 0.0886 e. The summed E-state index contributed by atoms with van der Waals surface area (Å²) in [6.45, 7) is 0. The summed E-state index contributed by atoms with van der Waals surface area (Å²) in [6.07, 6.45) is 10.3. The maximum Gasteiger partial charge on any atom is 0.0886 e. The number of hydrogen-bond donors (Lipinski definition) is 1. The van der Waals surface area contributed by atoms with Gasteiger partial charge in [0.15, 0.2) is 0 Å². The first kappa shape index (κ1) is 10.1. The molecular formula is C15H18O. The molecule has 1 aromatic rings. The molecule has 0 aliphatic heterocycles. The summed E-state index contributed by atoms with van der Waals surface area (Å²) < 4.78 is 0. The predicted molar refractivity (Wildman–Crippen MR) is 66.0 cm³/mol. The highest BCUT2D eigenvalue weighted by Gasteiger charge is 2.39. The van der Waals surface area contributed by atoms with Crippen molar-refractivity contribution in [3.8, 4) is 0 Å². The first-order chi connectivity index (χ1) is 7.82. The van der Waals surface area contributed by atoms with Gasteiger partial charge in [-0.15, -0.1) is 0 Å². The predicted octanol–water partition coefficient (Wildman–Crippen LogP) is 3.70. The Morgan fingerprint density at radius 2 is 1.81 bits per heavy atom. The van der Waals surface area contributed by atoms with Gasteiger partial charge in [0, 0.05) is 5.41 Å². The minimum absolute atomic E-state index is 0.0343. The average Bonchev–Trinajstić information content (AvgIpc) is 2.36. The van der Waals surface area contributed by atoms with Crippen molar-refractivity contribution in [2.75, 3.05) is 0 Å². The molecule has 1 heteroatoms. The van der Waals surface area contributed by atoms with Crippen LogP contribution in [0.5, 0.6) is 0 Å². The van der Waals surface area contributed by atoms with Gasteiger partial charge in [0.2, 0.25) is 0 Å². The molecular weight excluding hydrogens is 196 g/mol. The second-order valence-corrected chi connectivity index (χ2v) is 5.16. The van der Waals surface area contributed by atoms with E-state index >= 15 is 0 Å². The first-order valence-corrected chi connectivity index (χ1v) is 6.28. The highest BCUT2D eigenvalue weighted by molar-refractivity contribution is 5.59. The van der Waals surface area contributed by atoms with Gasteiger partial charge in [0.1, 0.15) is 0 Å². The molecule has 16 heavy (non-hydrogen) atoms. The standard InChI is InChI=1S/C15H18O/c16-14-13-7-3-2-6-12(13)8-11-15(14)9-4-1-5-10-15/h2-3,6-8,11,14,16H,1,4-5,9-10H2. The van der Waals surface area contributed by atoms with Crippen molar-refractivity contribution in [2.24, 2.45) is 5.41 Å². The van der Waals surface area contributed by atoms with E-state index in [1.165, 1.54) is 24.8 Å². The molecule has 1 fully saturated rings. The van der Waals surface area contributed by atoms with Gasteiger partial charge >= 0.3 is 0 Å². The zero-order valence-corrected chi connectivity index (χ0v) is 9.52. The Morgan fingerprint density at radius 1 is 1.06 bits per heavy atom. The topological polar surface area (TPSA) is 20.2 Å². The van der Waals surface area contributed by atoms with Gasteiger partial charge in [0.05, 0.1) is 6.10 Å². The third-order valence-electron chi connectivity index (χ3n) is 4.21. The van der Waals surface area contributed by atoms with E-state index in [4.69, 9.17) is 0 Å². The minimum atomic E-state index is -0.297. The van der Waals surface area contributed by atoms with Crippen LogP contribution in [0.3, 0.4) is 0 Å². The zero-order valence-electron chi connectivity index (χ0n) is 9.52.